The van der Waals surface area contributed by atoms with Crippen LogP contribution in [-0.4, -0.2) is 20.7 Å². The Labute approximate surface area is 150 Å². The van der Waals surface area contributed by atoms with E-state index in [4.69, 9.17) is 10.2 Å². The molecule has 6 nitrogen and oxygen atoms in total. The number of aromatic nitrogens is 3. The monoisotopic (exact) mass is 354 g/mol. The fraction of sp³-hybridized carbons (Fsp3) is 0.211. The van der Waals surface area contributed by atoms with Crippen molar-refractivity contribution in [2.24, 2.45) is 5.73 Å². The van der Waals surface area contributed by atoms with Gasteiger partial charge in [-0.1, -0.05) is 12.2 Å². The summed E-state index contributed by atoms with van der Waals surface area (Å²) in [6.45, 7) is 0. The Hall–Kier alpha value is -3.06. The van der Waals surface area contributed by atoms with Gasteiger partial charge in [0.05, 0.1) is 24.1 Å². The highest BCUT2D eigenvalue weighted by atomic mass is 19.1. The summed E-state index contributed by atoms with van der Waals surface area (Å²) in [6, 6.07) is 5.88. The highest BCUT2D eigenvalue weighted by Gasteiger charge is 2.11. The molecule has 0 spiro atoms. The Morgan fingerprint density at radius 2 is 2.08 bits per heavy atom. The normalized spacial score (nSPS) is 12.5. The van der Waals surface area contributed by atoms with Gasteiger partial charge >= 0.3 is 0 Å². The molecule has 1 atom stereocenters. The maximum Gasteiger partial charge on any atom is 0.263 e. The van der Waals surface area contributed by atoms with Crippen LogP contribution >= 0.6 is 0 Å². The minimum atomic E-state index is -0.289. The number of hydrogen-bond acceptors (Lipinski definition) is 5. The standard InChI is InChI=1S/C19H19FN4O2/c20-14-8-6-13(7-9-14)16-12-23-18(24-16)15(21)4-2-1-3-5-17(25)19-22-10-11-26-19/h1-2,6-12,15H,3-5,21H2,(H,23,24)/b2-1+. The molecule has 3 N–H and O–H groups in total. The summed E-state index contributed by atoms with van der Waals surface area (Å²) in [5, 5.41) is 0. The molecule has 0 saturated heterocycles. The molecule has 3 rings (SSSR count). The van der Waals surface area contributed by atoms with Gasteiger partial charge in [-0.25, -0.2) is 14.4 Å². The number of Topliss-reactive ketones (excluding diaryl/α,β-unsaturated/α-hetero) is 1. The average molecular weight is 354 g/mol. The third kappa shape index (κ3) is 4.52. The Balaban J connectivity index is 1.48. The zero-order valence-electron chi connectivity index (χ0n) is 14.1. The third-order valence-corrected chi connectivity index (χ3v) is 3.87. The molecule has 0 saturated carbocycles. The first-order chi connectivity index (χ1) is 12.6. The summed E-state index contributed by atoms with van der Waals surface area (Å²) in [4.78, 5) is 23.0. The van der Waals surface area contributed by atoms with E-state index >= 15 is 0 Å². The van der Waals surface area contributed by atoms with Crippen LogP contribution in [0.5, 0.6) is 0 Å². The lowest BCUT2D eigenvalue weighted by atomic mass is 10.1. The van der Waals surface area contributed by atoms with E-state index in [2.05, 4.69) is 15.0 Å². The van der Waals surface area contributed by atoms with Gasteiger partial charge in [0.25, 0.3) is 5.89 Å². The number of nitrogens with one attached hydrogen (secondary N) is 1. The number of aromatic amines is 1. The van der Waals surface area contributed by atoms with Gasteiger partial charge in [0.2, 0.25) is 5.78 Å². The Morgan fingerprint density at radius 1 is 1.27 bits per heavy atom. The maximum atomic E-state index is 13.0. The second-order valence-electron chi connectivity index (χ2n) is 5.80. The third-order valence-electron chi connectivity index (χ3n) is 3.87. The number of nitrogens with two attached hydrogens (primary N) is 1. The first kappa shape index (κ1) is 17.8. The van der Waals surface area contributed by atoms with Crippen LogP contribution in [0.4, 0.5) is 4.39 Å². The number of imidazole rings is 1. The molecule has 26 heavy (non-hydrogen) atoms. The molecule has 2 aromatic heterocycles. The lowest BCUT2D eigenvalue weighted by Gasteiger charge is -2.05. The molecule has 3 aromatic rings. The minimum absolute atomic E-state index is 0.126. The smallest absolute Gasteiger partial charge is 0.263 e. The molecule has 134 valence electrons. The van der Waals surface area contributed by atoms with Gasteiger partial charge < -0.3 is 15.1 Å². The minimum Gasteiger partial charge on any atom is -0.442 e. The van der Waals surface area contributed by atoms with Crippen molar-refractivity contribution in [2.45, 2.75) is 25.3 Å². The number of H-pyrrole nitrogens is 1. The summed E-state index contributed by atoms with van der Waals surface area (Å²) < 4.78 is 17.9. The molecular formula is C19H19FN4O2. The molecule has 0 amide bonds. The Kier molecular flexibility index (Phi) is 5.70. The summed E-state index contributed by atoms with van der Waals surface area (Å²) in [5.74, 6) is 0.388. The van der Waals surface area contributed by atoms with Gasteiger partial charge in [-0.05, 0) is 42.7 Å². The van der Waals surface area contributed by atoms with Crippen LogP contribution in [0.2, 0.25) is 0 Å². The summed E-state index contributed by atoms with van der Waals surface area (Å²) in [7, 11) is 0. The van der Waals surface area contributed by atoms with E-state index < -0.39 is 0 Å². The molecule has 7 heteroatoms. The first-order valence-corrected chi connectivity index (χ1v) is 8.27. The van der Waals surface area contributed by atoms with Crippen LogP contribution in [0.15, 0.2) is 59.5 Å². The summed E-state index contributed by atoms with van der Waals surface area (Å²) in [5.41, 5.74) is 7.77. The molecule has 0 fully saturated rings. The summed E-state index contributed by atoms with van der Waals surface area (Å²) >= 11 is 0. The fourth-order valence-corrected chi connectivity index (χ4v) is 2.46. The first-order valence-electron chi connectivity index (χ1n) is 8.27. The van der Waals surface area contributed by atoms with Crippen LogP contribution in [0.3, 0.4) is 0 Å². The molecule has 0 bridgehead atoms. The predicted molar refractivity (Wildman–Crippen MR) is 94.7 cm³/mol. The van der Waals surface area contributed by atoms with Crippen LogP contribution in [0.25, 0.3) is 11.3 Å². The van der Waals surface area contributed by atoms with Gasteiger partial charge in [0, 0.05) is 6.42 Å². The Bertz CT molecular complexity index is 869. The van der Waals surface area contributed by atoms with Gasteiger partial charge in [-0.3, -0.25) is 4.79 Å². The van der Waals surface area contributed by atoms with E-state index in [9.17, 15) is 9.18 Å². The number of nitrogens with zero attached hydrogens (tertiary/aromatic N) is 2. The van der Waals surface area contributed by atoms with Gasteiger partial charge in [0.1, 0.15) is 17.9 Å². The zero-order valence-corrected chi connectivity index (χ0v) is 14.1. The highest BCUT2D eigenvalue weighted by Crippen LogP contribution is 2.20. The number of allylic oxidation sites excluding steroid dienone is 1. The lowest BCUT2D eigenvalue weighted by Crippen LogP contribution is -2.10. The number of halogens is 1. The number of ketones is 1. The second-order valence-corrected chi connectivity index (χ2v) is 5.80. The molecule has 0 aliphatic carbocycles. The van der Waals surface area contributed by atoms with Crippen LogP contribution in [0.1, 0.15) is 41.8 Å². The second kappa shape index (κ2) is 8.35. The van der Waals surface area contributed by atoms with E-state index in [-0.39, 0.29) is 23.5 Å². The van der Waals surface area contributed by atoms with Crippen LogP contribution in [0, 0.1) is 5.82 Å². The molecule has 0 aliphatic heterocycles. The number of benzene rings is 1. The van der Waals surface area contributed by atoms with Crippen molar-refractivity contribution in [2.75, 3.05) is 0 Å². The van der Waals surface area contributed by atoms with Crippen molar-refractivity contribution in [1.82, 2.24) is 15.0 Å². The van der Waals surface area contributed by atoms with Crippen LogP contribution in [-0.2, 0) is 0 Å². The van der Waals surface area contributed by atoms with Gasteiger partial charge in [-0.2, -0.15) is 0 Å². The summed E-state index contributed by atoms with van der Waals surface area (Å²) in [6.07, 6.45) is 9.86. The van der Waals surface area contributed by atoms with Crippen molar-refractivity contribution < 1.29 is 13.6 Å². The fourth-order valence-electron chi connectivity index (χ4n) is 2.46. The molecule has 1 unspecified atom stereocenters. The van der Waals surface area contributed by atoms with E-state index in [0.29, 0.717) is 25.1 Å². The lowest BCUT2D eigenvalue weighted by molar-refractivity contribution is 0.0950. The van der Waals surface area contributed by atoms with E-state index in [1.165, 1.54) is 24.6 Å². The molecule has 2 heterocycles. The average Bonchev–Trinajstić information content (AvgIpc) is 3.34. The molecule has 1 aromatic carbocycles. The topological polar surface area (TPSA) is 97.8 Å². The predicted octanol–water partition coefficient (Wildman–Crippen LogP) is 3.81. The van der Waals surface area contributed by atoms with Crippen molar-refractivity contribution in [3.8, 4) is 11.3 Å². The van der Waals surface area contributed by atoms with Gasteiger partial charge in [0.15, 0.2) is 0 Å². The van der Waals surface area contributed by atoms with E-state index in [0.717, 1.165) is 11.3 Å². The van der Waals surface area contributed by atoms with Gasteiger partial charge in [-0.15, -0.1) is 0 Å². The van der Waals surface area contributed by atoms with Crippen molar-refractivity contribution in [3.63, 3.8) is 0 Å². The number of carbonyl (C=O) groups excluding carboxylic acids is 1. The maximum absolute atomic E-state index is 13.0. The number of carbonyl (C=O) groups is 1. The SMILES string of the molecule is NC(C/C=C/CCC(=O)c1ncco1)c1ncc(-c2ccc(F)cc2)[nH]1. The van der Waals surface area contributed by atoms with Crippen LogP contribution < -0.4 is 5.73 Å². The Morgan fingerprint density at radius 3 is 2.81 bits per heavy atom. The quantitative estimate of drug-likeness (QED) is 0.473. The largest absolute Gasteiger partial charge is 0.442 e. The highest BCUT2D eigenvalue weighted by molar-refractivity contribution is 5.91. The van der Waals surface area contributed by atoms with E-state index in [1.807, 2.05) is 12.2 Å². The van der Waals surface area contributed by atoms with Crippen molar-refractivity contribution >= 4 is 5.78 Å². The molecule has 0 radical (unpaired) electrons. The molecule has 0 aliphatic rings. The zero-order chi connectivity index (χ0) is 18.4. The number of hydrogen-bond donors (Lipinski definition) is 2. The number of rotatable bonds is 8. The van der Waals surface area contributed by atoms with E-state index in [1.54, 1.807) is 18.3 Å². The van der Waals surface area contributed by atoms with Crippen molar-refractivity contribution in [3.05, 3.63) is 72.6 Å². The number of oxazole rings is 1. The van der Waals surface area contributed by atoms with Crippen molar-refractivity contribution in [1.29, 1.82) is 0 Å². The molecular weight excluding hydrogens is 335 g/mol.